The molecule has 11 nitrogen and oxygen atoms in total. The van der Waals surface area contributed by atoms with Gasteiger partial charge in [0.2, 0.25) is 11.5 Å². The SMILES string of the molecule is COc1cc(S(=O)(=O)N2C[C@H](C[C@@](C)(CCO)C(N)=O)Oc3ccc(NC(=O)OC(C)(C)C(F)(F)F)cc32)ccc1F. The first-order valence-electron chi connectivity index (χ1n) is 12.5. The number of methoxy groups -OCH3 is 1. The number of fused-ring (bicyclic) bond motifs is 1. The molecule has 42 heavy (non-hydrogen) atoms. The maximum Gasteiger partial charge on any atom is 0.427 e. The van der Waals surface area contributed by atoms with Crippen molar-refractivity contribution in [2.75, 3.05) is 29.9 Å². The van der Waals surface area contributed by atoms with E-state index in [4.69, 9.17) is 15.2 Å². The lowest BCUT2D eigenvalue weighted by Crippen LogP contribution is -2.48. The van der Waals surface area contributed by atoms with Crippen molar-refractivity contribution in [2.24, 2.45) is 11.1 Å². The quantitative estimate of drug-likeness (QED) is 0.337. The van der Waals surface area contributed by atoms with Crippen molar-refractivity contribution in [3.63, 3.8) is 0 Å². The van der Waals surface area contributed by atoms with Crippen LogP contribution in [0.25, 0.3) is 0 Å². The minimum Gasteiger partial charge on any atom is -0.494 e. The molecule has 0 aliphatic carbocycles. The number of sulfonamides is 1. The second-order valence-electron chi connectivity index (χ2n) is 10.4. The second-order valence-corrected chi connectivity index (χ2v) is 12.2. The number of aliphatic hydroxyl groups excluding tert-OH is 1. The van der Waals surface area contributed by atoms with E-state index < -0.39 is 57.7 Å². The number of hydrogen-bond acceptors (Lipinski definition) is 8. The molecule has 16 heteroatoms. The molecule has 1 heterocycles. The van der Waals surface area contributed by atoms with Crippen LogP contribution >= 0.6 is 0 Å². The Morgan fingerprint density at radius 1 is 1.17 bits per heavy atom. The molecule has 4 N–H and O–H groups in total. The number of anilines is 2. The third kappa shape index (κ3) is 6.81. The van der Waals surface area contributed by atoms with Gasteiger partial charge < -0.3 is 25.1 Å². The normalized spacial score (nSPS) is 17.0. The van der Waals surface area contributed by atoms with Gasteiger partial charge in [-0.1, -0.05) is 6.92 Å². The molecule has 3 rings (SSSR count). The second kappa shape index (κ2) is 11.8. The summed E-state index contributed by atoms with van der Waals surface area (Å²) in [6.45, 7) is 2.05. The third-order valence-corrected chi connectivity index (χ3v) is 8.59. The Morgan fingerprint density at radius 2 is 1.83 bits per heavy atom. The number of amides is 2. The molecule has 0 saturated heterocycles. The smallest absolute Gasteiger partial charge is 0.427 e. The number of hydrogen-bond donors (Lipinski definition) is 3. The molecule has 0 radical (unpaired) electrons. The Kier molecular flexibility index (Phi) is 9.22. The molecule has 0 aromatic heterocycles. The van der Waals surface area contributed by atoms with Crippen LogP contribution in [0, 0.1) is 11.2 Å². The van der Waals surface area contributed by atoms with Crippen molar-refractivity contribution in [3.8, 4) is 11.5 Å². The fraction of sp³-hybridized carbons (Fsp3) is 0.462. The Hall–Kier alpha value is -3.79. The number of benzene rings is 2. The summed E-state index contributed by atoms with van der Waals surface area (Å²) in [5, 5.41) is 11.6. The number of nitrogens with one attached hydrogen (secondary N) is 1. The summed E-state index contributed by atoms with van der Waals surface area (Å²) in [4.78, 5) is 24.1. The number of ether oxygens (including phenoxy) is 3. The van der Waals surface area contributed by atoms with Gasteiger partial charge in [-0.3, -0.25) is 14.4 Å². The molecule has 0 spiro atoms. The van der Waals surface area contributed by atoms with Crippen LogP contribution in [0.4, 0.5) is 33.7 Å². The van der Waals surface area contributed by atoms with Crippen LogP contribution in [0.2, 0.25) is 0 Å². The van der Waals surface area contributed by atoms with Crippen LogP contribution in [0.15, 0.2) is 41.3 Å². The fourth-order valence-electron chi connectivity index (χ4n) is 4.16. The predicted molar refractivity (Wildman–Crippen MR) is 142 cm³/mol. The molecule has 1 aliphatic heterocycles. The highest BCUT2D eigenvalue weighted by molar-refractivity contribution is 7.92. The number of alkyl halides is 3. The van der Waals surface area contributed by atoms with Crippen molar-refractivity contribution < 1.29 is 54.9 Å². The van der Waals surface area contributed by atoms with Gasteiger partial charge >= 0.3 is 12.3 Å². The minimum absolute atomic E-state index is 0.0192. The molecule has 0 unspecified atom stereocenters. The molecule has 0 bridgehead atoms. The summed E-state index contributed by atoms with van der Waals surface area (Å²) in [6.07, 6.45) is -7.41. The molecule has 0 fully saturated rings. The first kappa shape index (κ1) is 32.7. The Bertz CT molecular complexity index is 1450. The molecule has 2 atom stereocenters. The summed E-state index contributed by atoms with van der Waals surface area (Å²) >= 11 is 0. The lowest BCUT2D eigenvalue weighted by atomic mass is 9.80. The van der Waals surface area contributed by atoms with Crippen LogP contribution in [0.5, 0.6) is 11.5 Å². The maximum atomic E-state index is 14.1. The number of carbonyl (C=O) groups is 2. The highest BCUT2D eigenvalue weighted by Crippen LogP contribution is 2.42. The first-order chi connectivity index (χ1) is 19.3. The Morgan fingerprint density at radius 3 is 2.40 bits per heavy atom. The molecular weight excluding hydrogens is 590 g/mol. The van der Waals surface area contributed by atoms with Gasteiger partial charge in [-0.25, -0.2) is 17.6 Å². The van der Waals surface area contributed by atoms with Crippen molar-refractivity contribution >= 4 is 33.4 Å². The van der Waals surface area contributed by atoms with Gasteiger partial charge in [0, 0.05) is 24.8 Å². The number of aliphatic hydroxyl groups is 1. The van der Waals surface area contributed by atoms with Crippen LogP contribution in [-0.2, 0) is 19.6 Å². The first-order valence-corrected chi connectivity index (χ1v) is 13.9. The van der Waals surface area contributed by atoms with Crippen molar-refractivity contribution in [2.45, 2.75) is 56.4 Å². The summed E-state index contributed by atoms with van der Waals surface area (Å²) in [7, 11) is -3.34. The van der Waals surface area contributed by atoms with E-state index in [0.717, 1.165) is 35.7 Å². The molecule has 2 aromatic rings. The third-order valence-electron chi connectivity index (χ3n) is 6.81. The van der Waals surface area contributed by atoms with Crippen molar-refractivity contribution in [1.29, 1.82) is 0 Å². The van der Waals surface area contributed by atoms with E-state index >= 15 is 0 Å². The van der Waals surface area contributed by atoms with Gasteiger partial charge in [0.15, 0.2) is 11.6 Å². The molecule has 2 aromatic carbocycles. The largest absolute Gasteiger partial charge is 0.494 e. The number of carbonyl (C=O) groups excluding carboxylic acids is 2. The summed E-state index contributed by atoms with van der Waals surface area (Å²) in [6, 6.07) is 6.53. The Labute approximate surface area is 239 Å². The highest BCUT2D eigenvalue weighted by atomic mass is 32.2. The highest BCUT2D eigenvalue weighted by Gasteiger charge is 2.51. The zero-order chi connectivity index (χ0) is 31.7. The monoisotopic (exact) mass is 621 g/mol. The van der Waals surface area contributed by atoms with Gasteiger partial charge in [-0.05, 0) is 50.6 Å². The number of halogens is 4. The molecular formula is C26H31F4N3O8S. The van der Waals surface area contributed by atoms with E-state index in [9.17, 15) is 40.7 Å². The predicted octanol–water partition coefficient (Wildman–Crippen LogP) is 3.94. The van der Waals surface area contributed by atoms with Crippen LogP contribution in [0.3, 0.4) is 0 Å². The Balaban J connectivity index is 2.05. The molecule has 0 saturated carbocycles. The molecule has 2 amide bonds. The molecule has 1 aliphatic rings. The van der Waals surface area contributed by atoms with Crippen LogP contribution in [-0.4, -0.2) is 63.7 Å². The van der Waals surface area contributed by atoms with Crippen molar-refractivity contribution in [1.82, 2.24) is 0 Å². The minimum atomic E-state index is -4.86. The summed E-state index contributed by atoms with van der Waals surface area (Å²) in [5.41, 5.74) is 1.21. The number of rotatable bonds is 10. The van der Waals surface area contributed by atoms with Crippen molar-refractivity contribution in [3.05, 3.63) is 42.2 Å². The van der Waals surface area contributed by atoms with E-state index in [1.54, 1.807) is 0 Å². The van der Waals surface area contributed by atoms with Crippen LogP contribution in [0.1, 0.15) is 33.6 Å². The summed E-state index contributed by atoms with van der Waals surface area (Å²) < 4.78 is 97.5. The lowest BCUT2D eigenvalue weighted by molar-refractivity contribution is -0.242. The number of nitrogens with two attached hydrogens (primary N) is 1. The fourth-order valence-corrected chi connectivity index (χ4v) is 5.67. The van der Waals surface area contributed by atoms with Gasteiger partial charge in [0.1, 0.15) is 11.9 Å². The van der Waals surface area contributed by atoms with E-state index in [1.165, 1.54) is 19.1 Å². The molecule has 232 valence electrons. The van der Waals surface area contributed by atoms with Gasteiger partial charge in [-0.15, -0.1) is 0 Å². The average molecular weight is 622 g/mol. The van der Waals surface area contributed by atoms with E-state index in [0.29, 0.717) is 13.8 Å². The van der Waals surface area contributed by atoms with Crippen LogP contribution < -0.4 is 24.8 Å². The van der Waals surface area contributed by atoms with E-state index in [-0.39, 0.29) is 47.2 Å². The van der Waals surface area contributed by atoms with E-state index in [1.807, 2.05) is 0 Å². The maximum absolute atomic E-state index is 14.1. The van der Waals surface area contributed by atoms with Gasteiger partial charge in [-0.2, -0.15) is 13.2 Å². The zero-order valence-corrected chi connectivity index (χ0v) is 23.9. The van der Waals surface area contributed by atoms with Gasteiger partial charge in [0.05, 0.1) is 29.7 Å². The topological polar surface area (TPSA) is 157 Å². The van der Waals surface area contributed by atoms with E-state index in [2.05, 4.69) is 10.1 Å². The lowest BCUT2D eigenvalue weighted by Gasteiger charge is -2.38. The number of nitrogens with zero attached hydrogens (tertiary/aromatic N) is 1. The van der Waals surface area contributed by atoms with Gasteiger partial charge in [0.25, 0.3) is 10.0 Å². The summed E-state index contributed by atoms with van der Waals surface area (Å²) in [5.74, 6) is -1.93. The average Bonchev–Trinajstić information content (AvgIpc) is 2.87. The standard InChI is InChI=1S/C26H31F4N3O8S/c1-24(2,26(28,29)30)41-23(36)32-15-5-8-20-19(11-15)33(14-16(40-20)13-25(3,9-10-34)22(31)35)42(37,38)17-6-7-18(27)21(12-17)39-4/h5-8,11-12,16,34H,9-10,13-14H2,1-4H3,(H2,31,35)(H,32,36)/t16-,25+/m0/s1. The zero-order valence-electron chi connectivity index (χ0n) is 23.1. The number of primary amides is 1.